The van der Waals surface area contributed by atoms with Crippen LogP contribution in [0.25, 0.3) is 0 Å². The standard InChI is InChI=1S/C24H30N2O4/c1-3-25-14-15-29-22(18-25)24(28)30-19(2)23(27)26(16-20-10-6-4-7-11-20)17-21-12-8-5-9-13-21/h4-13,19,22H,3,14-18H2,1-2H3/t19-,22+/m0/s1. The van der Waals surface area contributed by atoms with E-state index in [1.807, 2.05) is 67.6 Å². The van der Waals surface area contributed by atoms with Crippen LogP contribution in [0, 0.1) is 0 Å². The van der Waals surface area contributed by atoms with Crippen molar-refractivity contribution >= 4 is 11.9 Å². The predicted molar refractivity (Wildman–Crippen MR) is 115 cm³/mol. The van der Waals surface area contributed by atoms with E-state index >= 15 is 0 Å². The van der Waals surface area contributed by atoms with E-state index in [1.54, 1.807) is 11.8 Å². The topological polar surface area (TPSA) is 59.1 Å². The Morgan fingerprint density at radius 2 is 1.63 bits per heavy atom. The van der Waals surface area contributed by atoms with Crippen molar-refractivity contribution in [3.05, 3.63) is 71.8 Å². The van der Waals surface area contributed by atoms with Crippen LogP contribution >= 0.6 is 0 Å². The van der Waals surface area contributed by atoms with Gasteiger partial charge in [0, 0.05) is 26.2 Å². The molecule has 160 valence electrons. The van der Waals surface area contributed by atoms with Gasteiger partial charge in [-0.05, 0) is 24.6 Å². The molecule has 0 spiro atoms. The smallest absolute Gasteiger partial charge is 0.337 e. The number of ether oxygens (including phenoxy) is 2. The molecular weight excluding hydrogens is 380 g/mol. The number of hydrogen-bond donors (Lipinski definition) is 0. The molecule has 0 aromatic heterocycles. The summed E-state index contributed by atoms with van der Waals surface area (Å²) in [5.41, 5.74) is 2.05. The molecule has 1 heterocycles. The molecular formula is C24H30N2O4. The zero-order chi connectivity index (χ0) is 21.3. The van der Waals surface area contributed by atoms with Gasteiger partial charge in [0.15, 0.2) is 12.2 Å². The summed E-state index contributed by atoms with van der Waals surface area (Å²) in [5, 5.41) is 0. The molecule has 6 heteroatoms. The van der Waals surface area contributed by atoms with Crippen LogP contribution in [0.4, 0.5) is 0 Å². The molecule has 1 aliphatic heterocycles. The minimum Gasteiger partial charge on any atom is -0.451 e. The lowest BCUT2D eigenvalue weighted by Gasteiger charge is -2.32. The Morgan fingerprint density at radius 1 is 1.07 bits per heavy atom. The number of hydrogen-bond acceptors (Lipinski definition) is 5. The van der Waals surface area contributed by atoms with Crippen LogP contribution in [-0.2, 0) is 32.2 Å². The first kappa shape index (κ1) is 22.0. The molecule has 3 rings (SSSR count). The van der Waals surface area contributed by atoms with E-state index in [0.29, 0.717) is 26.2 Å². The molecule has 30 heavy (non-hydrogen) atoms. The van der Waals surface area contributed by atoms with E-state index in [1.165, 1.54) is 0 Å². The highest BCUT2D eigenvalue weighted by Gasteiger charge is 2.31. The third kappa shape index (κ3) is 6.15. The number of amides is 1. The Kier molecular flexibility index (Phi) is 7.99. The van der Waals surface area contributed by atoms with Gasteiger partial charge in [0.2, 0.25) is 0 Å². The van der Waals surface area contributed by atoms with Crippen molar-refractivity contribution in [3.8, 4) is 0 Å². The monoisotopic (exact) mass is 410 g/mol. The van der Waals surface area contributed by atoms with Crippen molar-refractivity contribution in [2.75, 3.05) is 26.2 Å². The number of esters is 1. The SMILES string of the molecule is CCN1CCO[C@@H](C(=O)O[C@@H](C)C(=O)N(Cc2ccccc2)Cc2ccccc2)C1. The number of rotatable bonds is 8. The molecule has 0 N–H and O–H groups in total. The van der Waals surface area contributed by atoms with Crippen LogP contribution in [0.2, 0.25) is 0 Å². The van der Waals surface area contributed by atoms with E-state index in [-0.39, 0.29) is 5.91 Å². The third-order valence-electron chi connectivity index (χ3n) is 5.25. The van der Waals surface area contributed by atoms with E-state index in [2.05, 4.69) is 4.90 Å². The number of morpholine rings is 1. The van der Waals surface area contributed by atoms with Gasteiger partial charge in [0.05, 0.1) is 6.61 Å². The third-order valence-corrected chi connectivity index (χ3v) is 5.25. The first-order valence-electron chi connectivity index (χ1n) is 10.5. The van der Waals surface area contributed by atoms with Gasteiger partial charge in [-0.1, -0.05) is 67.6 Å². The van der Waals surface area contributed by atoms with Gasteiger partial charge < -0.3 is 14.4 Å². The second-order valence-electron chi connectivity index (χ2n) is 7.50. The van der Waals surface area contributed by atoms with Crippen molar-refractivity contribution in [1.29, 1.82) is 0 Å². The van der Waals surface area contributed by atoms with E-state index in [4.69, 9.17) is 9.47 Å². The lowest BCUT2D eigenvalue weighted by atomic mass is 10.1. The van der Waals surface area contributed by atoms with Crippen LogP contribution in [-0.4, -0.2) is 60.1 Å². The molecule has 2 aromatic rings. The molecule has 1 saturated heterocycles. The van der Waals surface area contributed by atoms with Crippen molar-refractivity contribution < 1.29 is 19.1 Å². The number of carbonyl (C=O) groups excluding carboxylic acids is 2. The summed E-state index contributed by atoms with van der Waals surface area (Å²) in [6.45, 7) is 7.20. The molecule has 0 saturated carbocycles. The Labute approximate surface area is 178 Å². The first-order chi connectivity index (χ1) is 14.6. The number of nitrogens with zero attached hydrogens (tertiary/aromatic N) is 2. The lowest BCUT2D eigenvalue weighted by Crippen LogP contribution is -2.48. The van der Waals surface area contributed by atoms with Crippen molar-refractivity contribution in [3.63, 3.8) is 0 Å². The molecule has 2 atom stereocenters. The summed E-state index contributed by atoms with van der Waals surface area (Å²) >= 11 is 0. The van der Waals surface area contributed by atoms with E-state index in [0.717, 1.165) is 24.2 Å². The van der Waals surface area contributed by atoms with Gasteiger partial charge in [-0.15, -0.1) is 0 Å². The maximum Gasteiger partial charge on any atom is 0.337 e. The summed E-state index contributed by atoms with van der Waals surface area (Å²) in [5.74, 6) is -0.701. The Morgan fingerprint density at radius 3 is 2.17 bits per heavy atom. The largest absolute Gasteiger partial charge is 0.451 e. The minimum atomic E-state index is -0.884. The normalized spacial score (nSPS) is 17.9. The fraction of sp³-hybridized carbons (Fsp3) is 0.417. The average Bonchev–Trinajstić information content (AvgIpc) is 2.79. The van der Waals surface area contributed by atoms with Gasteiger partial charge in [-0.3, -0.25) is 9.69 Å². The summed E-state index contributed by atoms with van der Waals surface area (Å²) in [6.07, 6.45) is -1.53. The van der Waals surface area contributed by atoms with Gasteiger partial charge in [-0.25, -0.2) is 4.79 Å². The molecule has 2 aromatic carbocycles. The predicted octanol–water partition coefficient (Wildman–Crippen LogP) is 2.87. The fourth-order valence-electron chi connectivity index (χ4n) is 3.51. The maximum atomic E-state index is 13.2. The average molecular weight is 411 g/mol. The van der Waals surface area contributed by atoms with Crippen LogP contribution < -0.4 is 0 Å². The molecule has 0 aliphatic carbocycles. The van der Waals surface area contributed by atoms with Gasteiger partial charge >= 0.3 is 5.97 Å². The summed E-state index contributed by atoms with van der Waals surface area (Å²) in [6, 6.07) is 19.6. The van der Waals surface area contributed by atoms with Crippen molar-refractivity contribution in [2.24, 2.45) is 0 Å². The number of benzene rings is 2. The van der Waals surface area contributed by atoms with E-state index in [9.17, 15) is 9.59 Å². The Balaban J connectivity index is 1.67. The second-order valence-corrected chi connectivity index (χ2v) is 7.50. The second kappa shape index (κ2) is 10.9. The van der Waals surface area contributed by atoms with Crippen molar-refractivity contribution in [1.82, 2.24) is 9.80 Å². The number of carbonyl (C=O) groups is 2. The fourth-order valence-corrected chi connectivity index (χ4v) is 3.51. The molecule has 0 unspecified atom stereocenters. The molecule has 0 bridgehead atoms. The Bertz CT molecular complexity index is 771. The Hall–Kier alpha value is -2.70. The van der Waals surface area contributed by atoms with Gasteiger partial charge in [-0.2, -0.15) is 0 Å². The maximum absolute atomic E-state index is 13.2. The highest BCUT2D eigenvalue weighted by atomic mass is 16.6. The van der Waals surface area contributed by atoms with Gasteiger partial charge in [0.25, 0.3) is 5.91 Å². The van der Waals surface area contributed by atoms with E-state index < -0.39 is 18.2 Å². The quantitative estimate of drug-likeness (QED) is 0.627. The summed E-state index contributed by atoms with van der Waals surface area (Å²) in [4.78, 5) is 29.6. The van der Waals surface area contributed by atoms with Gasteiger partial charge in [0.1, 0.15) is 0 Å². The minimum absolute atomic E-state index is 0.223. The zero-order valence-electron chi connectivity index (χ0n) is 17.7. The first-order valence-corrected chi connectivity index (χ1v) is 10.5. The van der Waals surface area contributed by atoms with Crippen LogP contribution in [0.3, 0.4) is 0 Å². The highest BCUT2D eigenvalue weighted by Crippen LogP contribution is 2.14. The van der Waals surface area contributed by atoms with Crippen molar-refractivity contribution in [2.45, 2.75) is 39.1 Å². The molecule has 0 radical (unpaired) electrons. The molecule has 1 aliphatic rings. The molecule has 6 nitrogen and oxygen atoms in total. The van der Waals surface area contributed by atoms with Crippen LogP contribution in [0.15, 0.2) is 60.7 Å². The summed E-state index contributed by atoms with van der Waals surface area (Å²) < 4.78 is 11.1. The lowest BCUT2D eigenvalue weighted by molar-refractivity contribution is -0.173. The number of likely N-dealkylation sites (N-methyl/N-ethyl adjacent to an activating group) is 1. The molecule has 1 fully saturated rings. The summed E-state index contributed by atoms with van der Waals surface area (Å²) in [7, 11) is 0. The van der Waals surface area contributed by atoms with Crippen LogP contribution in [0.5, 0.6) is 0 Å². The highest BCUT2D eigenvalue weighted by molar-refractivity contribution is 5.84. The zero-order valence-corrected chi connectivity index (χ0v) is 17.7. The van der Waals surface area contributed by atoms with Crippen LogP contribution in [0.1, 0.15) is 25.0 Å². The molecule has 1 amide bonds.